The average molecular weight is 305 g/mol. The molecule has 0 amide bonds. The van der Waals surface area contributed by atoms with Gasteiger partial charge < -0.3 is 10.1 Å². The first kappa shape index (κ1) is 12.3. The molecule has 0 bridgehead atoms. The number of nitriles is 1. The van der Waals surface area contributed by atoms with Gasteiger partial charge in [0.05, 0.1) is 18.9 Å². The van der Waals surface area contributed by atoms with Crippen molar-refractivity contribution in [2.45, 2.75) is 0 Å². The third-order valence-corrected chi connectivity index (χ3v) is 2.67. The van der Waals surface area contributed by atoms with Gasteiger partial charge in [-0.15, -0.1) is 5.10 Å². The van der Waals surface area contributed by atoms with Crippen molar-refractivity contribution in [1.29, 1.82) is 5.26 Å². The molecule has 0 spiro atoms. The van der Waals surface area contributed by atoms with E-state index in [9.17, 15) is 0 Å². The lowest BCUT2D eigenvalue weighted by Crippen LogP contribution is -1.98. The molecule has 0 saturated heterocycles. The lowest BCUT2D eigenvalue weighted by Gasteiger charge is -2.08. The fraction of sp³-hybridized carbons (Fsp3) is 0.0833. The summed E-state index contributed by atoms with van der Waals surface area (Å²) in [5, 5.41) is 19.6. The maximum absolute atomic E-state index is 8.96. The van der Waals surface area contributed by atoms with Crippen LogP contribution in [0.15, 0.2) is 34.9 Å². The first-order valence-electron chi connectivity index (χ1n) is 5.06. The van der Waals surface area contributed by atoms with Crippen molar-refractivity contribution in [3.63, 3.8) is 0 Å². The van der Waals surface area contributed by atoms with Gasteiger partial charge in [0.2, 0.25) is 0 Å². The highest BCUT2D eigenvalue weighted by Gasteiger charge is 2.05. The Morgan fingerprint density at radius 3 is 2.94 bits per heavy atom. The lowest BCUT2D eigenvalue weighted by atomic mass is 10.2. The van der Waals surface area contributed by atoms with Crippen LogP contribution in [-0.4, -0.2) is 17.3 Å². The van der Waals surface area contributed by atoms with E-state index in [0.29, 0.717) is 17.1 Å². The molecule has 0 aliphatic rings. The predicted molar refractivity (Wildman–Crippen MR) is 70.7 cm³/mol. The van der Waals surface area contributed by atoms with Crippen LogP contribution in [0.25, 0.3) is 0 Å². The summed E-state index contributed by atoms with van der Waals surface area (Å²) in [7, 11) is 1.59. The van der Waals surface area contributed by atoms with Crippen molar-refractivity contribution in [1.82, 2.24) is 10.2 Å². The maximum Gasteiger partial charge on any atom is 0.171 e. The van der Waals surface area contributed by atoms with Gasteiger partial charge in [-0.2, -0.15) is 10.4 Å². The number of hydrogen-bond donors (Lipinski definition) is 1. The van der Waals surface area contributed by atoms with Gasteiger partial charge in [0.15, 0.2) is 5.82 Å². The minimum absolute atomic E-state index is 0.417. The second-order valence-electron chi connectivity index (χ2n) is 3.41. The Bertz CT molecular complexity index is 609. The van der Waals surface area contributed by atoms with Crippen LogP contribution in [0, 0.1) is 11.3 Å². The summed E-state index contributed by atoms with van der Waals surface area (Å²) in [6.07, 6.45) is 1.48. The van der Waals surface area contributed by atoms with E-state index in [0.717, 1.165) is 10.2 Å². The zero-order valence-corrected chi connectivity index (χ0v) is 11.1. The van der Waals surface area contributed by atoms with E-state index < -0.39 is 0 Å². The molecule has 5 nitrogen and oxygen atoms in total. The molecule has 0 aliphatic heterocycles. The number of nitrogens with zero attached hydrogens (tertiary/aromatic N) is 3. The molecule has 6 heteroatoms. The van der Waals surface area contributed by atoms with Crippen molar-refractivity contribution in [2.24, 2.45) is 0 Å². The highest BCUT2D eigenvalue weighted by Crippen LogP contribution is 2.26. The number of benzene rings is 1. The van der Waals surface area contributed by atoms with Gasteiger partial charge in [0, 0.05) is 16.2 Å². The van der Waals surface area contributed by atoms with Crippen LogP contribution in [0.4, 0.5) is 11.5 Å². The normalized spacial score (nSPS) is 9.61. The average Bonchev–Trinajstić information content (AvgIpc) is 2.38. The predicted octanol–water partition coefficient (Wildman–Crippen LogP) is 2.86. The largest absolute Gasteiger partial charge is 0.497 e. The minimum Gasteiger partial charge on any atom is -0.497 e. The fourth-order valence-electron chi connectivity index (χ4n) is 1.40. The van der Waals surface area contributed by atoms with Crippen LogP contribution >= 0.6 is 15.9 Å². The minimum atomic E-state index is 0.417. The molecule has 2 rings (SSSR count). The molecule has 0 aliphatic carbocycles. The quantitative estimate of drug-likeness (QED) is 0.944. The molecule has 0 fully saturated rings. The molecule has 1 N–H and O–H groups in total. The number of halogens is 1. The molecule has 2 aromatic rings. The third-order valence-electron chi connectivity index (χ3n) is 2.21. The number of hydrogen-bond acceptors (Lipinski definition) is 5. The number of nitrogens with one attached hydrogen (secondary N) is 1. The molecule has 0 radical (unpaired) electrons. The van der Waals surface area contributed by atoms with Gasteiger partial charge in [-0.25, -0.2) is 0 Å². The molecule has 0 unspecified atom stereocenters. The zero-order valence-electron chi connectivity index (χ0n) is 9.51. The zero-order chi connectivity index (χ0) is 13.0. The summed E-state index contributed by atoms with van der Waals surface area (Å²) in [5.74, 6) is 1.12. The lowest BCUT2D eigenvalue weighted by molar-refractivity contribution is 0.415. The molecule has 1 aromatic heterocycles. The Kier molecular flexibility index (Phi) is 3.75. The first-order valence-corrected chi connectivity index (χ1v) is 5.85. The molecular formula is C12H9BrN4O. The highest BCUT2D eigenvalue weighted by molar-refractivity contribution is 9.10. The van der Waals surface area contributed by atoms with E-state index >= 15 is 0 Å². The van der Waals surface area contributed by atoms with Crippen molar-refractivity contribution < 1.29 is 4.74 Å². The van der Waals surface area contributed by atoms with E-state index in [1.807, 2.05) is 12.1 Å². The molecule has 18 heavy (non-hydrogen) atoms. The molecule has 1 aromatic carbocycles. The van der Waals surface area contributed by atoms with Crippen LogP contribution in [0.1, 0.15) is 5.56 Å². The summed E-state index contributed by atoms with van der Waals surface area (Å²) >= 11 is 3.38. The van der Waals surface area contributed by atoms with E-state index in [4.69, 9.17) is 10.00 Å². The van der Waals surface area contributed by atoms with Gasteiger partial charge in [-0.1, -0.05) is 15.9 Å². The molecule has 1 heterocycles. The highest BCUT2D eigenvalue weighted by atomic mass is 79.9. The van der Waals surface area contributed by atoms with E-state index in [-0.39, 0.29) is 0 Å². The Morgan fingerprint density at radius 1 is 1.39 bits per heavy atom. The summed E-state index contributed by atoms with van der Waals surface area (Å²) < 4.78 is 6.03. The van der Waals surface area contributed by atoms with Crippen LogP contribution < -0.4 is 10.1 Å². The first-order chi connectivity index (χ1) is 8.72. The monoisotopic (exact) mass is 304 g/mol. The smallest absolute Gasteiger partial charge is 0.171 e. The number of methoxy groups -OCH3 is 1. The van der Waals surface area contributed by atoms with Gasteiger partial charge >= 0.3 is 0 Å². The third kappa shape index (κ3) is 2.76. The van der Waals surface area contributed by atoms with Crippen LogP contribution in [0.2, 0.25) is 0 Å². The summed E-state index contributed by atoms with van der Waals surface area (Å²) in [5.41, 5.74) is 1.20. The van der Waals surface area contributed by atoms with Gasteiger partial charge in [0.25, 0.3) is 0 Å². The Morgan fingerprint density at radius 2 is 2.22 bits per heavy atom. The maximum atomic E-state index is 8.96. The van der Waals surface area contributed by atoms with E-state index in [1.165, 1.54) is 6.20 Å². The molecule has 90 valence electrons. The summed E-state index contributed by atoms with van der Waals surface area (Å²) in [4.78, 5) is 0. The van der Waals surface area contributed by atoms with Gasteiger partial charge in [-0.3, -0.25) is 0 Å². The second-order valence-corrected chi connectivity index (χ2v) is 4.33. The Labute approximate surface area is 113 Å². The Hall–Kier alpha value is -2.13. The molecular weight excluding hydrogens is 296 g/mol. The van der Waals surface area contributed by atoms with Crippen LogP contribution in [-0.2, 0) is 0 Å². The molecule has 0 saturated carbocycles. The van der Waals surface area contributed by atoms with Crippen LogP contribution in [0.3, 0.4) is 0 Å². The van der Waals surface area contributed by atoms with Crippen molar-refractivity contribution in [2.75, 3.05) is 12.4 Å². The molecule has 0 atom stereocenters. The summed E-state index contributed by atoms with van der Waals surface area (Å²) in [6.45, 7) is 0. The van der Waals surface area contributed by atoms with Gasteiger partial charge in [0.1, 0.15) is 11.8 Å². The van der Waals surface area contributed by atoms with Crippen molar-refractivity contribution in [3.8, 4) is 11.8 Å². The standard InChI is InChI=1S/C12H9BrN4O/c1-18-11-5-9(13)4-10(6-11)16-12-8(7-14)2-3-15-17-12/h2-6H,1H3,(H,16,17). The number of ether oxygens (including phenoxy) is 1. The Balaban J connectivity index is 2.34. The van der Waals surface area contributed by atoms with E-state index in [2.05, 4.69) is 37.5 Å². The van der Waals surface area contributed by atoms with Crippen LogP contribution in [0.5, 0.6) is 5.75 Å². The van der Waals surface area contributed by atoms with Gasteiger partial charge in [-0.05, 0) is 18.2 Å². The van der Waals surface area contributed by atoms with Crippen molar-refractivity contribution >= 4 is 27.4 Å². The second kappa shape index (κ2) is 5.47. The summed E-state index contributed by atoms with van der Waals surface area (Å²) in [6, 6.07) is 9.16. The van der Waals surface area contributed by atoms with E-state index in [1.54, 1.807) is 19.2 Å². The number of rotatable bonds is 3. The number of aromatic nitrogens is 2. The number of anilines is 2. The SMILES string of the molecule is COc1cc(Br)cc(Nc2nnccc2C#N)c1. The van der Waals surface area contributed by atoms with Crippen molar-refractivity contribution in [3.05, 3.63) is 40.5 Å². The fourth-order valence-corrected chi connectivity index (χ4v) is 1.88. The topological polar surface area (TPSA) is 70.8 Å².